The molecule has 1 saturated heterocycles. The first kappa shape index (κ1) is 26.7. The van der Waals surface area contributed by atoms with Crippen LogP contribution in [0.25, 0.3) is 11.0 Å². The van der Waals surface area contributed by atoms with E-state index in [0.717, 1.165) is 17.5 Å². The molecule has 12 heteroatoms. The Hall–Kier alpha value is -4.51. The second-order valence-electron chi connectivity index (χ2n) is 9.90. The van der Waals surface area contributed by atoms with Gasteiger partial charge in [-0.1, -0.05) is 35.9 Å². The highest BCUT2D eigenvalue weighted by molar-refractivity contribution is 6.31. The molecule has 0 radical (unpaired) electrons. The van der Waals surface area contributed by atoms with E-state index in [0.29, 0.717) is 36.5 Å². The van der Waals surface area contributed by atoms with Crippen molar-refractivity contribution in [2.75, 3.05) is 25.5 Å². The largest absolute Gasteiger partial charge is 0.494 e. The van der Waals surface area contributed by atoms with Crippen LogP contribution in [0.4, 0.5) is 10.2 Å². The fourth-order valence-corrected chi connectivity index (χ4v) is 4.96. The van der Waals surface area contributed by atoms with Crippen LogP contribution in [0.2, 0.25) is 5.02 Å². The summed E-state index contributed by atoms with van der Waals surface area (Å²) in [6, 6.07) is 13.3. The number of fused-ring (bicyclic) bond motifs is 1. The minimum Gasteiger partial charge on any atom is -0.494 e. The Kier molecular flexibility index (Phi) is 7.27. The van der Waals surface area contributed by atoms with Crippen molar-refractivity contribution < 1.29 is 13.9 Å². The van der Waals surface area contributed by atoms with Crippen molar-refractivity contribution in [3.63, 3.8) is 0 Å². The monoisotopic (exact) mass is 574 g/mol. The van der Waals surface area contributed by atoms with E-state index < -0.39 is 5.82 Å². The Labute approximate surface area is 240 Å². The van der Waals surface area contributed by atoms with Crippen LogP contribution in [0.1, 0.15) is 46.7 Å². The highest BCUT2D eigenvalue weighted by Gasteiger charge is 2.26. The van der Waals surface area contributed by atoms with Crippen molar-refractivity contribution in [1.82, 2.24) is 34.4 Å². The number of carbonyl (C=O) groups excluding carboxylic acids is 1. The number of hydrogen-bond donors (Lipinski definition) is 1. The van der Waals surface area contributed by atoms with Crippen LogP contribution in [0.15, 0.2) is 61.1 Å². The Morgan fingerprint density at radius 3 is 2.66 bits per heavy atom. The zero-order valence-electron chi connectivity index (χ0n) is 22.6. The molecule has 10 nitrogen and oxygen atoms in total. The summed E-state index contributed by atoms with van der Waals surface area (Å²) >= 11 is 6.30. The molecule has 1 fully saturated rings. The number of nitrogens with zero attached hydrogens (tertiary/aromatic N) is 7. The highest BCUT2D eigenvalue weighted by atomic mass is 35.5. The van der Waals surface area contributed by atoms with Crippen LogP contribution < -0.4 is 10.1 Å². The predicted octanol–water partition coefficient (Wildman–Crippen LogP) is 4.94. The molecule has 0 spiro atoms. The second kappa shape index (κ2) is 11.2. The number of nitrogens with one attached hydrogen (secondary N) is 1. The Morgan fingerprint density at radius 2 is 1.98 bits per heavy atom. The van der Waals surface area contributed by atoms with Gasteiger partial charge < -0.3 is 15.0 Å². The van der Waals surface area contributed by atoms with E-state index in [1.807, 2.05) is 23.1 Å². The van der Waals surface area contributed by atoms with Crippen molar-refractivity contribution >= 4 is 34.4 Å². The molecule has 210 valence electrons. The van der Waals surface area contributed by atoms with Crippen LogP contribution in [-0.2, 0) is 13.1 Å². The molecule has 1 aliphatic rings. The van der Waals surface area contributed by atoms with Gasteiger partial charge in [-0.3, -0.25) is 14.2 Å². The second-order valence-corrected chi connectivity index (χ2v) is 10.3. The average Bonchev–Trinajstić information content (AvgIpc) is 3.62. The first-order chi connectivity index (χ1) is 19.9. The normalized spacial score (nSPS) is 13.7. The van der Waals surface area contributed by atoms with Gasteiger partial charge in [-0.25, -0.2) is 14.4 Å². The number of methoxy groups -OCH3 is 1. The fraction of sp³-hybridized carbons (Fsp3) is 0.276. The van der Waals surface area contributed by atoms with Crippen LogP contribution in [0, 0.1) is 5.82 Å². The lowest BCUT2D eigenvalue weighted by Gasteiger charge is -2.30. The van der Waals surface area contributed by atoms with E-state index in [9.17, 15) is 9.18 Å². The summed E-state index contributed by atoms with van der Waals surface area (Å²) in [5.41, 5.74) is 2.77. The first-order valence-electron chi connectivity index (χ1n) is 13.3. The third-order valence-corrected chi connectivity index (χ3v) is 7.65. The van der Waals surface area contributed by atoms with E-state index in [1.165, 1.54) is 13.2 Å². The first-order valence-corrected chi connectivity index (χ1v) is 13.7. The molecule has 4 heterocycles. The van der Waals surface area contributed by atoms with Crippen molar-refractivity contribution in [3.05, 3.63) is 94.4 Å². The maximum absolute atomic E-state index is 15.0. The van der Waals surface area contributed by atoms with Crippen LogP contribution in [0.5, 0.6) is 5.75 Å². The van der Waals surface area contributed by atoms with Gasteiger partial charge in [0, 0.05) is 48.8 Å². The van der Waals surface area contributed by atoms with E-state index >= 15 is 0 Å². The summed E-state index contributed by atoms with van der Waals surface area (Å²) in [5, 5.41) is 13.0. The number of hydrogen-bond acceptors (Lipinski definition) is 7. The number of likely N-dealkylation sites (tertiary alicyclic amines) is 1. The number of rotatable bonds is 9. The van der Waals surface area contributed by atoms with Gasteiger partial charge in [-0.15, -0.1) is 0 Å². The molecular weight excluding hydrogens is 547 g/mol. The number of halogens is 2. The minimum absolute atomic E-state index is 0.0202. The van der Waals surface area contributed by atoms with E-state index in [1.54, 1.807) is 21.8 Å². The molecule has 3 aromatic heterocycles. The van der Waals surface area contributed by atoms with Crippen molar-refractivity contribution in [3.8, 4) is 5.75 Å². The number of benzene rings is 2. The van der Waals surface area contributed by atoms with E-state index in [4.69, 9.17) is 16.3 Å². The summed E-state index contributed by atoms with van der Waals surface area (Å²) in [7, 11) is 1.40. The standard InChI is InChI=1S/C29H28ClFN8O2/c1-18(39-14-3-11-33-39)20-7-5-19(6-8-20)16-38-17-22-26(32-15-21-23(30)9-10-24(41-2)25(21)31)34-28(35-27(22)36-38)29(40)37-12-4-13-37/h3,5-11,14,17-18H,4,12-13,15-16H2,1-2H3,(H,32,34,35,36). The lowest BCUT2D eigenvalue weighted by atomic mass is 10.1. The molecule has 0 saturated carbocycles. The third-order valence-electron chi connectivity index (χ3n) is 7.29. The fourth-order valence-electron chi connectivity index (χ4n) is 4.74. The van der Waals surface area contributed by atoms with Gasteiger partial charge in [-0.2, -0.15) is 10.2 Å². The summed E-state index contributed by atoms with van der Waals surface area (Å²) in [4.78, 5) is 23.7. The molecule has 0 bridgehead atoms. The van der Waals surface area contributed by atoms with Gasteiger partial charge in [0.05, 0.1) is 25.1 Å². The van der Waals surface area contributed by atoms with Gasteiger partial charge in [-0.05, 0) is 42.7 Å². The molecule has 0 aliphatic carbocycles. The summed E-state index contributed by atoms with van der Waals surface area (Å²) in [6.45, 7) is 3.93. The predicted molar refractivity (Wildman–Crippen MR) is 153 cm³/mol. The summed E-state index contributed by atoms with van der Waals surface area (Å²) in [5.74, 6) is -0.324. The number of carbonyl (C=O) groups is 1. The van der Waals surface area contributed by atoms with E-state index in [2.05, 4.69) is 56.7 Å². The third kappa shape index (κ3) is 5.32. The van der Waals surface area contributed by atoms with E-state index in [-0.39, 0.29) is 40.7 Å². The number of anilines is 1. The maximum Gasteiger partial charge on any atom is 0.291 e. The Bertz CT molecular complexity index is 1700. The lowest BCUT2D eigenvalue weighted by molar-refractivity contribution is 0.0639. The maximum atomic E-state index is 15.0. The van der Waals surface area contributed by atoms with Gasteiger partial charge in [0.1, 0.15) is 5.82 Å². The van der Waals surface area contributed by atoms with Crippen molar-refractivity contribution in [1.29, 1.82) is 0 Å². The molecule has 6 rings (SSSR count). The smallest absolute Gasteiger partial charge is 0.291 e. The van der Waals surface area contributed by atoms with Gasteiger partial charge >= 0.3 is 0 Å². The molecule has 1 amide bonds. The average molecular weight is 575 g/mol. The zero-order chi connectivity index (χ0) is 28.5. The molecule has 1 N–H and O–H groups in total. The molecule has 1 unspecified atom stereocenters. The molecule has 1 atom stereocenters. The van der Waals surface area contributed by atoms with Crippen molar-refractivity contribution in [2.45, 2.75) is 32.5 Å². The lowest BCUT2D eigenvalue weighted by Crippen LogP contribution is -2.42. The number of amides is 1. The van der Waals surface area contributed by atoms with Crippen LogP contribution in [0.3, 0.4) is 0 Å². The van der Waals surface area contributed by atoms with Crippen LogP contribution >= 0.6 is 11.6 Å². The van der Waals surface area contributed by atoms with Crippen LogP contribution in [-0.4, -0.2) is 60.5 Å². The molecular formula is C29H28ClFN8O2. The SMILES string of the molecule is COc1ccc(Cl)c(CNc2nc(C(=O)N3CCC3)nc3nn(Cc4ccc(C(C)n5cccn5)cc4)cc23)c1F. The summed E-state index contributed by atoms with van der Waals surface area (Å²) < 4.78 is 23.7. The number of aromatic nitrogens is 6. The number of ether oxygens (including phenoxy) is 1. The molecule has 2 aromatic carbocycles. The molecule has 5 aromatic rings. The zero-order valence-corrected chi connectivity index (χ0v) is 23.3. The molecule has 1 aliphatic heterocycles. The van der Waals surface area contributed by atoms with Gasteiger partial charge in [0.25, 0.3) is 5.91 Å². The minimum atomic E-state index is -0.560. The topological polar surface area (TPSA) is 103 Å². The quantitative estimate of drug-likeness (QED) is 0.266. The Balaban J connectivity index is 1.29. The summed E-state index contributed by atoms with van der Waals surface area (Å²) in [6.07, 6.45) is 6.47. The van der Waals surface area contributed by atoms with Gasteiger partial charge in [0.2, 0.25) is 5.82 Å². The van der Waals surface area contributed by atoms with Gasteiger partial charge in [0.15, 0.2) is 17.2 Å². The highest BCUT2D eigenvalue weighted by Crippen LogP contribution is 2.29. The molecule has 41 heavy (non-hydrogen) atoms. The van der Waals surface area contributed by atoms with Crippen molar-refractivity contribution in [2.24, 2.45) is 0 Å². The Morgan fingerprint density at radius 1 is 1.17 bits per heavy atom.